The fourth-order valence-electron chi connectivity index (χ4n) is 5.02. The SMILES string of the molecule is CO[C@H]1[C@H](C2(C)O[C@@H]2CC=C(C)C)[C@]2(CC[C@H]1OC(=O)NC(=O)CCC(=O)C(C)(C)C)CO2. The lowest BCUT2D eigenvalue weighted by Gasteiger charge is -2.42. The molecule has 1 N–H and O–H groups in total. The van der Waals surface area contributed by atoms with Crippen molar-refractivity contribution in [3.05, 3.63) is 11.6 Å². The zero-order valence-corrected chi connectivity index (χ0v) is 21.0. The zero-order chi connectivity index (χ0) is 24.6. The van der Waals surface area contributed by atoms with E-state index in [0.29, 0.717) is 13.0 Å². The number of ether oxygens (including phenoxy) is 4. The van der Waals surface area contributed by atoms with E-state index in [9.17, 15) is 14.4 Å². The van der Waals surface area contributed by atoms with E-state index in [1.165, 1.54) is 5.57 Å². The average Bonchev–Trinajstić information content (AvgIpc) is 3.62. The molecule has 2 aliphatic heterocycles. The normalized spacial score (nSPS) is 35.0. The molecule has 1 unspecified atom stereocenters. The van der Waals surface area contributed by atoms with Gasteiger partial charge in [0, 0.05) is 25.4 Å². The lowest BCUT2D eigenvalue weighted by Crippen LogP contribution is -2.56. The largest absolute Gasteiger partial charge is 0.443 e. The summed E-state index contributed by atoms with van der Waals surface area (Å²) in [6.07, 6.45) is 2.63. The molecule has 0 aromatic rings. The van der Waals surface area contributed by atoms with E-state index < -0.39 is 35.2 Å². The number of imide groups is 1. The number of allylic oxidation sites excluding steroid dienone is 1. The van der Waals surface area contributed by atoms with E-state index in [2.05, 4.69) is 32.2 Å². The first-order chi connectivity index (χ1) is 15.3. The number of hydrogen-bond donors (Lipinski definition) is 1. The molecule has 1 aliphatic carbocycles. The summed E-state index contributed by atoms with van der Waals surface area (Å²) in [5, 5.41) is 2.25. The molecule has 2 saturated heterocycles. The lowest BCUT2D eigenvalue weighted by molar-refractivity contribution is -0.130. The number of Topliss-reactive ketones (excluding diaryl/α,β-unsaturated/α-hetero) is 1. The van der Waals surface area contributed by atoms with E-state index in [-0.39, 0.29) is 36.2 Å². The predicted octanol–water partition coefficient (Wildman–Crippen LogP) is 3.71. The Kier molecular flexibility index (Phi) is 7.42. The maximum Gasteiger partial charge on any atom is 0.414 e. The summed E-state index contributed by atoms with van der Waals surface area (Å²) in [7, 11) is 1.60. The molecule has 0 aromatic carbocycles. The molecule has 6 atom stereocenters. The van der Waals surface area contributed by atoms with Gasteiger partial charge in [-0.15, -0.1) is 0 Å². The van der Waals surface area contributed by atoms with Crippen LogP contribution in [0.5, 0.6) is 0 Å². The van der Waals surface area contributed by atoms with Crippen LogP contribution in [0.4, 0.5) is 4.79 Å². The fraction of sp³-hybridized carbons (Fsp3) is 0.800. The monoisotopic (exact) mass is 465 g/mol. The first-order valence-corrected chi connectivity index (χ1v) is 11.8. The average molecular weight is 466 g/mol. The third-order valence-electron chi connectivity index (χ3n) is 7.15. The number of carbonyl (C=O) groups is 3. The Balaban J connectivity index is 1.60. The van der Waals surface area contributed by atoms with E-state index >= 15 is 0 Å². The van der Waals surface area contributed by atoms with Crippen molar-refractivity contribution in [1.29, 1.82) is 0 Å². The van der Waals surface area contributed by atoms with E-state index in [1.807, 2.05) is 0 Å². The molecule has 3 rings (SSSR count). The minimum Gasteiger partial charge on any atom is -0.443 e. The molecule has 2 amide bonds. The Morgan fingerprint density at radius 1 is 1.18 bits per heavy atom. The van der Waals surface area contributed by atoms with Crippen LogP contribution in [-0.4, -0.2) is 61.0 Å². The number of methoxy groups -OCH3 is 1. The molecule has 1 spiro atoms. The predicted molar refractivity (Wildman–Crippen MR) is 122 cm³/mol. The standard InChI is InChI=1S/C25H39NO7/c1-15(2)8-10-18-24(6,33-18)21-20(30-7)16(12-13-25(21)14-31-25)32-22(29)26-19(28)11-9-17(27)23(3,4)5/h8,16,18,20-21H,9-14H2,1-7H3,(H,26,28,29)/t16-,18-,20-,21-,24?,25+/m1/s1. The molecule has 0 radical (unpaired) electrons. The zero-order valence-electron chi connectivity index (χ0n) is 21.0. The quantitative estimate of drug-likeness (QED) is 0.430. The number of ketones is 1. The van der Waals surface area contributed by atoms with Crippen molar-refractivity contribution in [2.75, 3.05) is 13.7 Å². The van der Waals surface area contributed by atoms with Crippen molar-refractivity contribution in [1.82, 2.24) is 5.32 Å². The van der Waals surface area contributed by atoms with Crippen LogP contribution in [0.2, 0.25) is 0 Å². The number of nitrogens with one attached hydrogen (secondary N) is 1. The maximum absolute atomic E-state index is 12.5. The third kappa shape index (κ3) is 5.84. The topological polar surface area (TPSA) is 107 Å². The van der Waals surface area contributed by atoms with Gasteiger partial charge in [0.15, 0.2) is 0 Å². The molecular weight excluding hydrogens is 426 g/mol. The van der Waals surface area contributed by atoms with Gasteiger partial charge in [0.25, 0.3) is 0 Å². The van der Waals surface area contributed by atoms with E-state index in [4.69, 9.17) is 18.9 Å². The molecular formula is C25H39NO7. The molecule has 2 heterocycles. The van der Waals surface area contributed by atoms with Crippen LogP contribution in [0.25, 0.3) is 0 Å². The van der Waals surface area contributed by atoms with Gasteiger partial charge in [-0.1, -0.05) is 32.4 Å². The van der Waals surface area contributed by atoms with Crippen LogP contribution in [0, 0.1) is 11.3 Å². The number of epoxide rings is 2. The van der Waals surface area contributed by atoms with Gasteiger partial charge in [-0.05, 0) is 40.0 Å². The molecule has 33 heavy (non-hydrogen) atoms. The van der Waals surface area contributed by atoms with Gasteiger partial charge >= 0.3 is 6.09 Å². The van der Waals surface area contributed by atoms with Crippen LogP contribution in [0.3, 0.4) is 0 Å². The van der Waals surface area contributed by atoms with Crippen molar-refractivity contribution in [2.24, 2.45) is 11.3 Å². The van der Waals surface area contributed by atoms with Gasteiger partial charge in [-0.3, -0.25) is 14.9 Å². The Morgan fingerprint density at radius 2 is 1.85 bits per heavy atom. The Hall–Kier alpha value is -1.77. The molecule has 186 valence electrons. The van der Waals surface area contributed by atoms with Crippen molar-refractivity contribution < 1.29 is 33.3 Å². The molecule has 3 aliphatic rings. The summed E-state index contributed by atoms with van der Waals surface area (Å²) in [5.41, 5.74) is -0.0159. The summed E-state index contributed by atoms with van der Waals surface area (Å²) < 4.78 is 23.5. The molecule has 0 bridgehead atoms. The third-order valence-corrected chi connectivity index (χ3v) is 7.15. The molecule has 3 fully saturated rings. The first-order valence-electron chi connectivity index (χ1n) is 11.8. The number of hydrogen-bond acceptors (Lipinski definition) is 7. The second-order valence-electron chi connectivity index (χ2n) is 11.0. The molecule has 1 saturated carbocycles. The molecule has 8 nitrogen and oxygen atoms in total. The van der Waals surface area contributed by atoms with Gasteiger partial charge in [-0.2, -0.15) is 0 Å². The van der Waals surface area contributed by atoms with E-state index in [0.717, 1.165) is 12.8 Å². The summed E-state index contributed by atoms with van der Waals surface area (Å²) in [6, 6.07) is 0. The van der Waals surface area contributed by atoms with Gasteiger partial charge in [-0.25, -0.2) is 4.79 Å². The van der Waals surface area contributed by atoms with Crippen molar-refractivity contribution in [3.8, 4) is 0 Å². The van der Waals surface area contributed by atoms with Crippen molar-refractivity contribution in [2.45, 2.75) is 103 Å². The lowest BCUT2D eigenvalue weighted by atomic mass is 9.68. The number of alkyl carbamates (subject to hydrolysis) is 1. The summed E-state index contributed by atoms with van der Waals surface area (Å²) in [6.45, 7) is 12.3. The second-order valence-corrected chi connectivity index (χ2v) is 11.0. The van der Waals surface area contributed by atoms with Crippen LogP contribution >= 0.6 is 0 Å². The second kappa shape index (κ2) is 9.47. The number of amides is 2. The molecule has 0 aromatic heterocycles. The van der Waals surface area contributed by atoms with Gasteiger partial charge in [0.1, 0.15) is 29.2 Å². The van der Waals surface area contributed by atoms with E-state index in [1.54, 1.807) is 27.9 Å². The van der Waals surface area contributed by atoms with Crippen molar-refractivity contribution >= 4 is 17.8 Å². The molecule has 8 heteroatoms. The Morgan fingerprint density at radius 3 is 2.39 bits per heavy atom. The summed E-state index contributed by atoms with van der Waals surface area (Å²) in [4.78, 5) is 36.6. The number of rotatable bonds is 8. The first kappa shape index (κ1) is 25.8. The maximum atomic E-state index is 12.5. The van der Waals surface area contributed by atoms with Crippen LogP contribution in [0.15, 0.2) is 11.6 Å². The van der Waals surface area contributed by atoms with Crippen LogP contribution in [0.1, 0.15) is 73.6 Å². The minimum atomic E-state index is -0.815. The fourth-order valence-corrected chi connectivity index (χ4v) is 5.02. The van der Waals surface area contributed by atoms with Crippen LogP contribution in [-0.2, 0) is 28.5 Å². The Labute approximate surface area is 196 Å². The van der Waals surface area contributed by atoms with Crippen molar-refractivity contribution in [3.63, 3.8) is 0 Å². The van der Waals surface area contributed by atoms with Crippen LogP contribution < -0.4 is 5.32 Å². The minimum absolute atomic E-state index is 0.0318. The Bertz CT molecular complexity index is 806. The van der Waals surface area contributed by atoms with Gasteiger partial charge < -0.3 is 18.9 Å². The highest BCUT2D eigenvalue weighted by atomic mass is 16.6. The highest BCUT2D eigenvalue weighted by Gasteiger charge is 2.72. The number of carbonyl (C=O) groups excluding carboxylic acids is 3. The van der Waals surface area contributed by atoms with Gasteiger partial charge in [0.05, 0.1) is 18.6 Å². The smallest absolute Gasteiger partial charge is 0.414 e. The van der Waals surface area contributed by atoms with Gasteiger partial charge in [0.2, 0.25) is 5.91 Å². The highest BCUT2D eigenvalue weighted by Crippen LogP contribution is 2.59. The summed E-state index contributed by atoms with van der Waals surface area (Å²) >= 11 is 0. The highest BCUT2D eigenvalue weighted by molar-refractivity contribution is 5.94. The summed E-state index contributed by atoms with van der Waals surface area (Å²) in [5.74, 6) is -0.645.